The first-order chi connectivity index (χ1) is 8.70. The van der Waals surface area contributed by atoms with E-state index in [1.54, 1.807) is 24.3 Å². The third kappa shape index (κ3) is 4.62. The Bertz CT molecular complexity index is 459. The predicted octanol–water partition coefficient (Wildman–Crippen LogP) is 2.52. The lowest BCUT2D eigenvalue weighted by atomic mass is 9.95. The molecule has 0 aliphatic rings. The lowest BCUT2D eigenvalue weighted by molar-refractivity contribution is -0.144. The number of rotatable bonds is 4. The minimum absolute atomic E-state index is 0.0833. The fourth-order valence-electron chi connectivity index (χ4n) is 1.19. The Morgan fingerprint density at radius 3 is 2.16 bits per heavy atom. The van der Waals surface area contributed by atoms with Crippen molar-refractivity contribution in [2.75, 3.05) is 5.32 Å². The topological polar surface area (TPSA) is 75.6 Å². The molecule has 1 aromatic carbocycles. The average molecular weight is 265 g/mol. The van der Waals surface area contributed by atoms with Gasteiger partial charge in [0.1, 0.15) is 5.75 Å². The summed E-state index contributed by atoms with van der Waals surface area (Å²) in [6.07, 6.45) is -0.907. The molecule has 0 aliphatic carbocycles. The molecule has 0 fully saturated rings. The summed E-state index contributed by atoms with van der Waals surface area (Å²) in [5.41, 5.74) is 0.183. The van der Waals surface area contributed by atoms with Crippen molar-refractivity contribution in [2.45, 2.75) is 33.8 Å². The van der Waals surface area contributed by atoms with Crippen molar-refractivity contribution in [3.8, 4) is 5.75 Å². The summed E-state index contributed by atoms with van der Waals surface area (Å²) in [4.78, 5) is 22.4. The van der Waals surface area contributed by atoms with E-state index in [1.807, 2.05) is 20.8 Å². The number of aliphatic carboxylic acids is 1. The molecule has 1 amide bonds. The predicted molar refractivity (Wildman–Crippen MR) is 72.3 cm³/mol. The van der Waals surface area contributed by atoms with E-state index in [9.17, 15) is 9.59 Å². The Hall–Kier alpha value is -2.04. The van der Waals surface area contributed by atoms with Crippen molar-refractivity contribution in [1.29, 1.82) is 0 Å². The Kier molecular flexibility index (Phi) is 4.53. The van der Waals surface area contributed by atoms with Crippen molar-refractivity contribution in [3.05, 3.63) is 24.3 Å². The van der Waals surface area contributed by atoms with Crippen LogP contribution in [0.2, 0.25) is 0 Å². The number of nitrogens with one attached hydrogen (secondary N) is 1. The fraction of sp³-hybridized carbons (Fsp3) is 0.429. The molecule has 1 rings (SSSR count). The number of amides is 1. The van der Waals surface area contributed by atoms with E-state index in [4.69, 9.17) is 9.84 Å². The van der Waals surface area contributed by atoms with Gasteiger partial charge in [-0.2, -0.15) is 0 Å². The molecular weight excluding hydrogens is 246 g/mol. The molecule has 1 aromatic rings. The fourth-order valence-corrected chi connectivity index (χ4v) is 1.19. The molecule has 0 radical (unpaired) electrons. The number of carboxylic acid groups (broad SMARTS) is 1. The number of ether oxygens (including phenoxy) is 1. The van der Waals surface area contributed by atoms with Crippen LogP contribution in [0.3, 0.4) is 0 Å². The molecule has 1 unspecified atom stereocenters. The van der Waals surface area contributed by atoms with Gasteiger partial charge in [-0.3, -0.25) is 4.79 Å². The van der Waals surface area contributed by atoms with E-state index >= 15 is 0 Å². The van der Waals surface area contributed by atoms with Crippen LogP contribution in [0.25, 0.3) is 0 Å². The van der Waals surface area contributed by atoms with Crippen LogP contribution in [0.4, 0.5) is 5.69 Å². The van der Waals surface area contributed by atoms with Gasteiger partial charge in [0.2, 0.25) is 5.91 Å². The Balaban J connectivity index is 2.67. The summed E-state index contributed by atoms with van der Waals surface area (Å²) in [6, 6.07) is 6.59. The molecule has 19 heavy (non-hydrogen) atoms. The summed E-state index contributed by atoms with van der Waals surface area (Å²) in [7, 11) is 0. The highest BCUT2D eigenvalue weighted by Crippen LogP contribution is 2.20. The van der Waals surface area contributed by atoms with Crippen LogP contribution in [0, 0.1) is 5.41 Å². The number of hydrogen-bond donors (Lipinski definition) is 2. The Morgan fingerprint density at radius 1 is 1.21 bits per heavy atom. The van der Waals surface area contributed by atoms with Gasteiger partial charge in [-0.15, -0.1) is 0 Å². The van der Waals surface area contributed by atoms with Crippen molar-refractivity contribution in [1.82, 2.24) is 0 Å². The molecule has 0 heterocycles. The quantitative estimate of drug-likeness (QED) is 0.877. The van der Waals surface area contributed by atoms with E-state index in [2.05, 4.69) is 5.32 Å². The molecule has 0 aromatic heterocycles. The van der Waals surface area contributed by atoms with Gasteiger partial charge in [0, 0.05) is 11.1 Å². The van der Waals surface area contributed by atoms with Gasteiger partial charge >= 0.3 is 5.97 Å². The van der Waals surface area contributed by atoms with E-state index < -0.39 is 17.5 Å². The van der Waals surface area contributed by atoms with Crippen LogP contribution in [0.5, 0.6) is 5.75 Å². The number of carbonyl (C=O) groups is 2. The van der Waals surface area contributed by atoms with Gasteiger partial charge in [0.25, 0.3) is 0 Å². The van der Waals surface area contributed by atoms with Crippen molar-refractivity contribution in [3.63, 3.8) is 0 Å². The summed E-state index contributed by atoms with van der Waals surface area (Å²) in [5.74, 6) is -0.658. The Labute approximate surface area is 112 Å². The van der Waals surface area contributed by atoms with E-state index in [1.165, 1.54) is 6.92 Å². The SMILES string of the molecule is CC(Oc1ccc(NC(=O)C(C)(C)C)cc1)C(=O)O. The average Bonchev–Trinajstić information content (AvgIpc) is 2.30. The van der Waals surface area contributed by atoms with Crippen molar-refractivity contribution >= 4 is 17.6 Å². The van der Waals surface area contributed by atoms with Gasteiger partial charge in [-0.1, -0.05) is 20.8 Å². The van der Waals surface area contributed by atoms with Gasteiger partial charge in [0.05, 0.1) is 0 Å². The summed E-state index contributed by atoms with van der Waals surface area (Å²) in [6.45, 7) is 6.94. The number of anilines is 1. The highest BCUT2D eigenvalue weighted by atomic mass is 16.5. The van der Waals surface area contributed by atoms with Crippen molar-refractivity contribution in [2.24, 2.45) is 5.41 Å². The normalized spacial score (nSPS) is 12.6. The zero-order valence-corrected chi connectivity index (χ0v) is 11.6. The second-order valence-corrected chi connectivity index (χ2v) is 5.33. The Morgan fingerprint density at radius 2 is 1.74 bits per heavy atom. The number of hydrogen-bond acceptors (Lipinski definition) is 3. The van der Waals surface area contributed by atoms with E-state index in [0.29, 0.717) is 11.4 Å². The monoisotopic (exact) mass is 265 g/mol. The molecule has 5 heteroatoms. The maximum Gasteiger partial charge on any atom is 0.344 e. The van der Waals surface area contributed by atoms with E-state index in [0.717, 1.165) is 0 Å². The van der Waals surface area contributed by atoms with Gasteiger partial charge in [-0.25, -0.2) is 4.79 Å². The zero-order chi connectivity index (χ0) is 14.6. The summed E-state index contributed by atoms with van der Waals surface area (Å²) >= 11 is 0. The second kappa shape index (κ2) is 5.73. The van der Waals surface area contributed by atoms with Crippen LogP contribution in [-0.4, -0.2) is 23.1 Å². The van der Waals surface area contributed by atoms with Crippen LogP contribution in [0.1, 0.15) is 27.7 Å². The first-order valence-corrected chi connectivity index (χ1v) is 6.01. The smallest absolute Gasteiger partial charge is 0.344 e. The molecule has 0 spiro atoms. The maximum atomic E-state index is 11.8. The minimum atomic E-state index is -1.02. The first-order valence-electron chi connectivity index (χ1n) is 6.01. The minimum Gasteiger partial charge on any atom is -0.479 e. The number of carbonyl (C=O) groups excluding carboxylic acids is 1. The zero-order valence-electron chi connectivity index (χ0n) is 11.6. The maximum absolute atomic E-state index is 11.8. The van der Waals surface area contributed by atoms with Gasteiger partial charge in [0.15, 0.2) is 6.10 Å². The van der Waals surface area contributed by atoms with Gasteiger partial charge in [-0.05, 0) is 31.2 Å². The van der Waals surface area contributed by atoms with E-state index in [-0.39, 0.29) is 5.91 Å². The lowest BCUT2D eigenvalue weighted by Crippen LogP contribution is -2.27. The highest BCUT2D eigenvalue weighted by Gasteiger charge is 2.21. The molecular formula is C14H19NO4. The first kappa shape index (κ1) is 15.0. The second-order valence-electron chi connectivity index (χ2n) is 5.33. The molecule has 2 N–H and O–H groups in total. The molecule has 1 atom stereocenters. The summed E-state index contributed by atoms with van der Waals surface area (Å²) in [5, 5.41) is 11.5. The highest BCUT2D eigenvalue weighted by molar-refractivity contribution is 5.94. The molecule has 0 bridgehead atoms. The van der Waals surface area contributed by atoms with Gasteiger partial charge < -0.3 is 15.2 Å². The molecule has 5 nitrogen and oxygen atoms in total. The molecule has 0 saturated heterocycles. The third-order valence-corrected chi connectivity index (χ3v) is 2.45. The van der Waals surface area contributed by atoms with Crippen LogP contribution >= 0.6 is 0 Å². The largest absolute Gasteiger partial charge is 0.479 e. The number of benzene rings is 1. The van der Waals surface area contributed by atoms with Crippen LogP contribution in [-0.2, 0) is 9.59 Å². The molecule has 0 saturated carbocycles. The molecule has 104 valence electrons. The lowest BCUT2D eigenvalue weighted by Gasteiger charge is -2.18. The number of carboxylic acids is 1. The molecule has 0 aliphatic heterocycles. The summed E-state index contributed by atoms with van der Waals surface area (Å²) < 4.78 is 5.19. The van der Waals surface area contributed by atoms with Crippen LogP contribution in [0.15, 0.2) is 24.3 Å². The third-order valence-electron chi connectivity index (χ3n) is 2.45. The van der Waals surface area contributed by atoms with Crippen LogP contribution < -0.4 is 10.1 Å². The van der Waals surface area contributed by atoms with Crippen molar-refractivity contribution < 1.29 is 19.4 Å². The standard InChI is InChI=1S/C14H19NO4/c1-9(12(16)17)19-11-7-5-10(6-8-11)15-13(18)14(2,3)4/h5-9H,1-4H3,(H,15,18)(H,16,17).